The maximum Gasteiger partial charge on any atom is 0.422 e. The second-order valence-corrected chi connectivity index (χ2v) is 5.21. The van der Waals surface area contributed by atoms with Crippen molar-refractivity contribution < 1.29 is 28.1 Å². The van der Waals surface area contributed by atoms with Gasteiger partial charge >= 0.3 is 6.18 Å². The van der Waals surface area contributed by atoms with E-state index in [4.69, 9.17) is 0 Å². The Bertz CT molecular complexity index is 439. The molecule has 0 amide bonds. The molecule has 8 heteroatoms. The molecule has 114 valence electrons. The minimum atomic E-state index is -4.40. The van der Waals surface area contributed by atoms with E-state index in [1.54, 1.807) is 0 Å². The van der Waals surface area contributed by atoms with Crippen molar-refractivity contribution in [2.75, 3.05) is 6.61 Å². The molecule has 1 aliphatic carbocycles. The number of halogens is 3. The van der Waals surface area contributed by atoms with Gasteiger partial charge in [-0.3, -0.25) is 4.68 Å². The monoisotopic (exact) mass is 294 g/mol. The van der Waals surface area contributed by atoms with Gasteiger partial charge in [0.15, 0.2) is 6.61 Å². The van der Waals surface area contributed by atoms with Gasteiger partial charge in [0.05, 0.1) is 18.2 Å². The van der Waals surface area contributed by atoms with Gasteiger partial charge in [-0.1, -0.05) is 0 Å². The van der Waals surface area contributed by atoms with Crippen LogP contribution in [0, 0.1) is 0 Å². The lowest BCUT2D eigenvalue weighted by Gasteiger charge is -2.34. The van der Waals surface area contributed by atoms with Gasteiger partial charge < -0.3 is 14.9 Å². The number of hydrogen-bond acceptors (Lipinski definition) is 4. The number of rotatable bonds is 4. The van der Waals surface area contributed by atoms with Gasteiger partial charge in [0.2, 0.25) is 5.88 Å². The number of alkyl halides is 3. The average molecular weight is 294 g/mol. The first-order valence-corrected chi connectivity index (χ1v) is 6.39. The number of hydrogen-bond donors (Lipinski definition) is 2. The summed E-state index contributed by atoms with van der Waals surface area (Å²) in [4.78, 5) is 0. The molecule has 1 fully saturated rings. The van der Waals surface area contributed by atoms with Crippen molar-refractivity contribution in [2.45, 2.75) is 50.1 Å². The van der Waals surface area contributed by atoms with Crippen molar-refractivity contribution in [1.82, 2.24) is 9.78 Å². The van der Waals surface area contributed by atoms with Crippen LogP contribution < -0.4 is 4.74 Å². The van der Waals surface area contributed by atoms with Crippen LogP contribution >= 0.6 is 0 Å². The molecule has 0 bridgehead atoms. The molecule has 0 saturated heterocycles. The zero-order valence-electron chi connectivity index (χ0n) is 10.8. The predicted octanol–water partition coefficient (Wildman–Crippen LogP) is 1.49. The van der Waals surface area contributed by atoms with Crippen molar-refractivity contribution in [1.29, 1.82) is 0 Å². The lowest BCUT2D eigenvalue weighted by atomic mass is 9.83. The molecule has 0 atom stereocenters. The summed E-state index contributed by atoms with van der Waals surface area (Å²) in [6, 6.07) is 1.33. The fraction of sp³-hybridized carbons (Fsp3) is 0.750. The molecule has 20 heavy (non-hydrogen) atoms. The van der Waals surface area contributed by atoms with Crippen molar-refractivity contribution in [3.63, 3.8) is 0 Å². The SMILES string of the molecule is OC1CCC(O)(Cn2ccc(OCC(F)(F)F)n2)CC1. The summed E-state index contributed by atoms with van der Waals surface area (Å²) in [6.07, 6.45) is -1.43. The van der Waals surface area contributed by atoms with Gasteiger partial charge in [0, 0.05) is 12.3 Å². The summed E-state index contributed by atoms with van der Waals surface area (Å²) in [5.74, 6) is -0.123. The minimum Gasteiger partial charge on any atom is -0.467 e. The molecule has 0 aromatic carbocycles. The van der Waals surface area contributed by atoms with E-state index in [-0.39, 0.29) is 12.4 Å². The van der Waals surface area contributed by atoms with Gasteiger partial charge in [-0.05, 0) is 25.7 Å². The quantitative estimate of drug-likeness (QED) is 0.883. The summed E-state index contributed by atoms with van der Waals surface area (Å²) < 4.78 is 41.9. The van der Waals surface area contributed by atoms with Gasteiger partial charge in [-0.25, -0.2) is 0 Å². The topological polar surface area (TPSA) is 67.5 Å². The van der Waals surface area contributed by atoms with E-state index in [0.29, 0.717) is 25.7 Å². The molecule has 1 aliphatic rings. The second kappa shape index (κ2) is 5.61. The lowest BCUT2D eigenvalue weighted by molar-refractivity contribution is -0.154. The van der Waals surface area contributed by atoms with Crippen LogP contribution in [0.1, 0.15) is 25.7 Å². The number of aromatic nitrogens is 2. The summed E-state index contributed by atoms with van der Waals surface area (Å²) in [5, 5.41) is 23.6. The standard InChI is InChI=1S/C12H17F3N2O3/c13-12(14,15)8-20-10-3-6-17(16-10)7-11(19)4-1-9(18)2-5-11/h3,6,9,18-19H,1-2,4-5,7-8H2. The van der Waals surface area contributed by atoms with Crippen LogP contribution in [0.3, 0.4) is 0 Å². The van der Waals surface area contributed by atoms with Crippen LogP contribution in [0.25, 0.3) is 0 Å². The first-order chi connectivity index (χ1) is 9.26. The molecule has 0 aliphatic heterocycles. The van der Waals surface area contributed by atoms with E-state index >= 15 is 0 Å². The van der Waals surface area contributed by atoms with Crippen LogP contribution in [0.5, 0.6) is 5.88 Å². The summed E-state index contributed by atoms with van der Waals surface area (Å²) in [7, 11) is 0. The van der Waals surface area contributed by atoms with Crippen LogP contribution in [0.15, 0.2) is 12.3 Å². The highest BCUT2D eigenvalue weighted by molar-refractivity contribution is 5.06. The third-order valence-corrected chi connectivity index (χ3v) is 3.34. The van der Waals surface area contributed by atoms with Crippen molar-refractivity contribution >= 4 is 0 Å². The van der Waals surface area contributed by atoms with Crippen molar-refractivity contribution in [2.24, 2.45) is 0 Å². The maximum absolute atomic E-state index is 12.0. The molecule has 0 spiro atoms. The smallest absolute Gasteiger partial charge is 0.422 e. The largest absolute Gasteiger partial charge is 0.467 e. The molecule has 1 aromatic heterocycles. The van der Waals surface area contributed by atoms with E-state index in [9.17, 15) is 23.4 Å². The molecule has 2 N–H and O–H groups in total. The van der Waals surface area contributed by atoms with Crippen molar-refractivity contribution in [3.8, 4) is 5.88 Å². The van der Waals surface area contributed by atoms with Crippen molar-refractivity contribution in [3.05, 3.63) is 12.3 Å². The van der Waals surface area contributed by atoms with E-state index in [0.717, 1.165) is 0 Å². The van der Waals surface area contributed by atoms with E-state index in [2.05, 4.69) is 9.84 Å². The molecule has 1 aromatic rings. The Morgan fingerprint density at radius 2 is 2.05 bits per heavy atom. The first-order valence-electron chi connectivity index (χ1n) is 6.39. The van der Waals surface area contributed by atoms with Crippen LogP contribution in [0.4, 0.5) is 13.2 Å². The molecule has 0 unspecified atom stereocenters. The fourth-order valence-electron chi connectivity index (χ4n) is 2.26. The van der Waals surface area contributed by atoms with Gasteiger partial charge in [0.1, 0.15) is 0 Å². The Kier molecular flexibility index (Phi) is 4.24. The third-order valence-electron chi connectivity index (χ3n) is 3.34. The Morgan fingerprint density at radius 1 is 1.40 bits per heavy atom. The Balaban J connectivity index is 1.89. The minimum absolute atomic E-state index is 0.123. The van der Waals surface area contributed by atoms with Crippen LogP contribution in [-0.2, 0) is 6.54 Å². The molecule has 0 radical (unpaired) electrons. The average Bonchev–Trinajstić information content (AvgIpc) is 2.77. The number of aliphatic hydroxyl groups excluding tert-OH is 1. The fourth-order valence-corrected chi connectivity index (χ4v) is 2.26. The molecular formula is C12H17F3N2O3. The number of ether oxygens (including phenoxy) is 1. The predicted molar refractivity (Wildman–Crippen MR) is 63.2 cm³/mol. The Labute approximate surface area is 114 Å². The maximum atomic E-state index is 12.0. The van der Waals surface area contributed by atoms with E-state index in [1.165, 1.54) is 16.9 Å². The summed E-state index contributed by atoms with van der Waals surface area (Å²) in [5.41, 5.74) is -0.980. The molecule has 5 nitrogen and oxygen atoms in total. The highest BCUT2D eigenvalue weighted by atomic mass is 19.4. The van der Waals surface area contributed by atoms with Gasteiger partial charge in [0.25, 0.3) is 0 Å². The van der Waals surface area contributed by atoms with Crippen LogP contribution in [-0.4, -0.2) is 44.5 Å². The zero-order chi connectivity index (χ0) is 14.8. The molecular weight excluding hydrogens is 277 g/mol. The zero-order valence-corrected chi connectivity index (χ0v) is 10.8. The molecule has 1 heterocycles. The summed E-state index contributed by atoms with van der Waals surface area (Å²) in [6.45, 7) is -1.21. The first kappa shape index (κ1) is 15.1. The molecule has 2 rings (SSSR count). The molecule has 1 saturated carbocycles. The van der Waals surface area contributed by atoms with E-state index < -0.39 is 24.5 Å². The normalized spacial score (nSPS) is 27.6. The van der Waals surface area contributed by atoms with Gasteiger partial charge in [-0.2, -0.15) is 13.2 Å². The number of aliphatic hydroxyl groups is 2. The Hall–Kier alpha value is -1.28. The van der Waals surface area contributed by atoms with Gasteiger partial charge in [-0.15, -0.1) is 5.10 Å². The highest BCUT2D eigenvalue weighted by Crippen LogP contribution is 2.30. The Morgan fingerprint density at radius 3 is 2.65 bits per heavy atom. The summed E-state index contributed by atoms with van der Waals surface area (Å²) >= 11 is 0. The highest BCUT2D eigenvalue weighted by Gasteiger charge is 2.33. The lowest BCUT2D eigenvalue weighted by Crippen LogP contribution is -2.39. The van der Waals surface area contributed by atoms with E-state index in [1.807, 2.05) is 0 Å². The number of nitrogens with zero attached hydrogens (tertiary/aromatic N) is 2. The third kappa shape index (κ3) is 4.38. The second-order valence-electron chi connectivity index (χ2n) is 5.21. The van der Waals surface area contributed by atoms with Crippen LogP contribution in [0.2, 0.25) is 0 Å².